The molecule has 0 amide bonds. The summed E-state index contributed by atoms with van der Waals surface area (Å²) >= 11 is 0. The van der Waals surface area contributed by atoms with Crippen molar-refractivity contribution < 1.29 is 18.7 Å². The fourth-order valence-electron chi connectivity index (χ4n) is 1.18. The van der Waals surface area contributed by atoms with Crippen LogP contribution in [0.4, 0.5) is 10.1 Å². The highest BCUT2D eigenvalue weighted by molar-refractivity contribution is 5.95. The van der Waals surface area contributed by atoms with Gasteiger partial charge in [-0.15, -0.1) is 0 Å². The lowest BCUT2D eigenvalue weighted by Crippen LogP contribution is -2.14. The van der Waals surface area contributed by atoms with Gasteiger partial charge in [-0.25, -0.2) is 9.18 Å². The maximum absolute atomic E-state index is 13.2. The van der Waals surface area contributed by atoms with E-state index < -0.39 is 11.8 Å². The molecule has 16 heavy (non-hydrogen) atoms. The fourth-order valence-corrected chi connectivity index (χ4v) is 1.18. The number of methoxy groups -OCH3 is 1. The van der Waals surface area contributed by atoms with Crippen LogP contribution in [0.5, 0.6) is 5.75 Å². The summed E-state index contributed by atoms with van der Waals surface area (Å²) in [5.41, 5.74) is 5.66. The number of ether oxygens (including phenoxy) is 2. The van der Waals surface area contributed by atoms with Crippen LogP contribution in [0.3, 0.4) is 0 Å². The summed E-state index contributed by atoms with van der Waals surface area (Å²) in [4.78, 5) is 11.6. The summed E-state index contributed by atoms with van der Waals surface area (Å²) in [6, 6.07) is 2.27. The molecule has 0 spiro atoms. The van der Waals surface area contributed by atoms with Crippen LogP contribution in [0.25, 0.3) is 0 Å². The molecule has 0 aliphatic carbocycles. The van der Waals surface area contributed by atoms with Crippen molar-refractivity contribution in [3.63, 3.8) is 0 Å². The van der Waals surface area contributed by atoms with E-state index in [4.69, 9.17) is 15.2 Å². The first-order valence-electron chi connectivity index (χ1n) is 4.79. The third-order valence-corrected chi connectivity index (χ3v) is 1.89. The Kier molecular flexibility index (Phi) is 3.71. The fraction of sp³-hybridized carbons (Fsp3) is 0.364. The molecule has 1 aromatic rings. The monoisotopic (exact) mass is 227 g/mol. The molecule has 0 radical (unpaired) electrons. The van der Waals surface area contributed by atoms with E-state index in [-0.39, 0.29) is 23.1 Å². The number of nitrogens with two attached hydrogens (primary N) is 1. The lowest BCUT2D eigenvalue weighted by Gasteiger charge is -2.11. The second-order valence-electron chi connectivity index (χ2n) is 3.53. The van der Waals surface area contributed by atoms with Gasteiger partial charge in [0.05, 0.1) is 18.8 Å². The third kappa shape index (κ3) is 2.62. The van der Waals surface area contributed by atoms with Crippen LogP contribution in [-0.2, 0) is 4.74 Å². The van der Waals surface area contributed by atoms with Gasteiger partial charge in [-0.05, 0) is 19.9 Å². The molecule has 4 nitrogen and oxygen atoms in total. The van der Waals surface area contributed by atoms with Gasteiger partial charge in [0.15, 0.2) is 11.6 Å². The number of halogens is 1. The van der Waals surface area contributed by atoms with E-state index in [1.165, 1.54) is 13.2 Å². The number of hydrogen-bond acceptors (Lipinski definition) is 4. The van der Waals surface area contributed by atoms with Gasteiger partial charge in [-0.3, -0.25) is 0 Å². The first-order chi connectivity index (χ1) is 7.45. The zero-order chi connectivity index (χ0) is 12.3. The van der Waals surface area contributed by atoms with Crippen molar-refractivity contribution >= 4 is 11.7 Å². The number of carbonyl (C=O) groups excluding carboxylic acids is 1. The Labute approximate surface area is 93.2 Å². The molecule has 0 fully saturated rings. The van der Waals surface area contributed by atoms with Crippen LogP contribution in [0.1, 0.15) is 24.2 Å². The first kappa shape index (κ1) is 12.3. The SMILES string of the molecule is COc1cc(C(=O)OC(C)C)c(N)cc1F. The molecule has 0 aliphatic rings. The van der Waals surface area contributed by atoms with E-state index in [2.05, 4.69) is 0 Å². The number of benzene rings is 1. The van der Waals surface area contributed by atoms with Crippen molar-refractivity contribution in [2.24, 2.45) is 0 Å². The lowest BCUT2D eigenvalue weighted by atomic mass is 10.1. The Morgan fingerprint density at radius 3 is 2.56 bits per heavy atom. The van der Waals surface area contributed by atoms with Crippen molar-refractivity contribution in [3.05, 3.63) is 23.5 Å². The van der Waals surface area contributed by atoms with Gasteiger partial charge in [0.1, 0.15) is 0 Å². The third-order valence-electron chi connectivity index (χ3n) is 1.89. The standard InChI is InChI=1S/C11H14FNO3/c1-6(2)16-11(14)7-4-10(15-3)8(12)5-9(7)13/h4-6H,13H2,1-3H3. The van der Waals surface area contributed by atoms with Crippen LogP contribution in [0, 0.1) is 5.82 Å². The molecule has 1 rings (SSSR count). The summed E-state index contributed by atoms with van der Waals surface area (Å²) in [6.07, 6.45) is -0.261. The highest BCUT2D eigenvalue weighted by Gasteiger charge is 2.16. The normalized spacial score (nSPS) is 10.3. The molecule has 0 saturated carbocycles. The zero-order valence-corrected chi connectivity index (χ0v) is 9.41. The van der Waals surface area contributed by atoms with Gasteiger partial charge in [-0.1, -0.05) is 0 Å². The number of esters is 1. The Morgan fingerprint density at radius 2 is 2.06 bits per heavy atom. The predicted molar refractivity (Wildman–Crippen MR) is 57.9 cm³/mol. The van der Waals surface area contributed by atoms with E-state index in [9.17, 15) is 9.18 Å². The summed E-state index contributed by atoms with van der Waals surface area (Å²) < 4.78 is 22.9. The van der Waals surface area contributed by atoms with Gasteiger partial charge in [0, 0.05) is 11.8 Å². The largest absolute Gasteiger partial charge is 0.494 e. The molecular formula is C11H14FNO3. The van der Waals surface area contributed by atoms with Crippen LogP contribution >= 0.6 is 0 Å². The lowest BCUT2D eigenvalue weighted by molar-refractivity contribution is 0.0379. The van der Waals surface area contributed by atoms with Gasteiger partial charge < -0.3 is 15.2 Å². The van der Waals surface area contributed by atoms with Crippen LogP contribution in [-0.4, -0.2) is 19.2 Å². The second kappa shape index (κ2) is 4.83. The van der Waals surface area contributed by atoms with Gasteiger partial charge in [0.25, 0.3) is 0 Å². The van der Waals surface area contributed by atoms with Crippen molar-refractivity contribution in [2.45, 2.75) is 20.0 Å². The summed E-state index contributed by atoms with van der Waals surface area (Å²) in [5, 5.41) is 0. The van der Waals surface area contributed by atoms with Crippen molar-refractivity contribution in [1.29, 1.82) is 0 Å². The molecule has 2 N–H and O–H groups in total. The van der Waals surface area contributed by atoms with Crippen molar-refractivity contribution in [1.82, 2.24) is 0 Å². The Morgan fingerprint density at radius 1 is 1.44 bits per heavy atom. The van der Waals surface area contributed by atoms with E-state index in [1.54, 1.807) is 13.8 Å². The van der Waals surface area contributed by atoms with Gasteiger partial charge in [-0.2, -0.15) is 0 Å². The number of nitrogen functional groups attached to an aromatic ring is 1. The highest BCUT2D eigenvalue weighted by atomic mass is 19.1. The second-order valence-corrected chi connectivity index (χ2v) is 3.53. The molecule has 0 aliphatic heterocycles. The molecule has 0 atom stereocenters. The molecule has 1 aromatic carbocycles. The minimum absolute atomic E-state index is 0.0314. The smallest absolute Gasteiger partial charge is 0.340 e. The number of rotatable bonds is 3. The number of hydrogen-bond donors (Lipinski definition) is 1. The minimum Gasteiger partial charge on any atom is -0.494 e. The van der Waals surface area contributed by atoms with E-state index >= 15 is 0 Å². The van der Waals surface area contributed by atoms with Crippen LogP contribution in [0.2, 0.25) is 0 Å². The summed E-state index contributed by atoms with van der Waals surface area (Å²) in [7, 11) is 1.31. The molecule has 0 unspecified atom stereocenters. The van der Waals surface area contributed by atoms with E-state index in [1.807, 2.05) is 0 Å². The van der Waals surface area contributed by atoms with Gasteiger partial charge >= 0.3 is 5.97 Å². The van der Waals surface area contributed by atoms with Crippen molar-refractivity contribution in [3.8, 4) is 5.75 Å². The number of anilines is 1. The van der Waals surface area contributed by atoms with Crippen LogP contribution < -0.4 is 10.5 Å². The molecular weight excluding hydrogens is 213 g/mol. The predicted octanol–water partition coefficient (Wildman–Crippen LogP) is 1.98. The molecule has 5 heteroatoms. The maximum atomic E-state index is 13.2. The van der Waals surface area contributed by atoms with E-state index in [0.717, 1.165) is 6.07 Å². The molecule has 0 bridgehead atoms. The Hall–Kier alpha value is -1.78. The first-order valence-corrected chi connectivity index (χ1v) is 4.79. The number of carbonyl (C=O) groups is 1. The van der Waals surface area contributed by atoms with Gasteiger partial charge in [0.2, 0.25) is 0 Å². The summed E-state index contributed by atoms with van der Waals surface area (Å²) in [5.74, 6) is -1.24. The minimum atomic E-state index is -0.610. The summed E-state index contributed by atoms with van der Waals surface area (Å²) in [6.45, 7) is 3.43. The molecule has 88 valence electrons. The maximum Gasteiger partial charge on any atom is 0.340 e. The molecule has 0 aromatic heterocycles. The van der Waals surface area contributed by atoms with Crippen LogP contribution in [0.15, 0.2) is 12.1 Å². The Bertz CT molecular complexity index is 404. The van der Waals surface area contributed by atoms with E-state index in [0.29, 0.717) is 0 Å². The van der Waals surface area contributed by atoms with Crippen molar-refractivity contribution in [2.75, 3.05) is 12.8 Å². The average Bonchev–Trinajstić information content (AvgIpc) is 2.16. The quantitative estimate of drug-likeness (QED) is 0.633. The topological polar surface area (TPSA) is 61.5 Å². The molecule has 0 saturated heterocycles. The zero-order valence-electron chi connectivity index (χ0n) is 9.41. The average molecular weight is 227 g/mol. The highest BCUT2D eigenvalue weighted by Crippen LogP contribution is 2.24. The molecule has 0 heterocycles. The Balaban J connectivity index is 3.08.